The Kier molecular flexibility index (Phi) is 5.28. The number of hydrogen-bond acceptors (Lipinski definition) is 3. The second-order valence-electron chi connectivity index (χ2n) is 6.65. The van der Waals surface area contributed by atoms with Crippen molar-refractivity contribution in [1.82, 2.24) is 0 Å². The molecule has 0 saturated carbocycles. The Morgan fingerprint density at radius 2 is 1.88 bits per heavy atom. The van der Waals surface area contributed by atoms with Crippen LogP contribution in [-0.4, -0.2) is 16.8 Å². The van der Waals surface area contributed by atoms with Gasteiger partial charge in [0.05, 0.1) is 11.7 Å². The van der Waals surface area contributed by atoms with Gasteiger partial charge in [-0.2, -0.15) is 0 Å². The fourth-order valence-electron chi connectivity index (χ4n) is 3.48. The minimum Gasteiger partial charge on any atom is -0.508 e. The summed E-state index contributed by atoms with van der Waals surface area (Å²) in [7, 11) is 0. The summed E-state index contributed by atoms with van der Waals surface area (Å²) in [5, 5.41) is 12.1. The third-order valence-electron chi connectivity index (χ3n) is 4.88. The van der Waals surface area contributed by atoms with Crippen molar-refractivity contribution >= 4 is 23.0 Å². The summed E-state index contributed by atoms with van der Waals surface area (Å²) in [5.74, 6) is 0.433. The summed E-state index contributed by atoms with van der Waals surface area (Å²) in [5.41, 5.74) is 3.50. The van der Waals surface area contributed by atoms with E-state index in [1.807, 2.05) is 18.2 Å². The number of allylic oxidation sites excluding steroid dienone is 4. The molecule has 0 aliphatic heterocycles. The van der Waals surface area contributed by atoms with E-state index in [1.165, 1.54) is 11.1 Å². The molecule has 1 N–H and O–H groups in total. The fourth-order valence-corrected chi connectivity index (χ4v) is 3.56. The Balaban J connectivity index is 2.01. The van der Waals surface area contributed by atoms with Crippen LogP contribution in [0.5, 0.6) is 5.75 Å². The molecule has 0 saturated heterocycles. The van der Waals surface area contributed by atoms with E-state index in [0.717, 1.165) is 12.0 Å². The third kappa shape index (κ3) is 3.96. The predicted molar refractivity (Wildman–Crippen MR) is 107 cm³/mol. The first-order valence-corrected chi connectivity index (χ1v) is 8.80. The highest BCUT2D eigenvalue weighted by molar-refractivity contribution is 7.78. The van der Waals surface area contributed by atoms with Crippen molar-refractivity contribution in [2.75, 3.05) is 6.54 Å². The zero-order valence-corrected chi connectivity index (χ0v) is 15.0. The van der Waals surface area contributed by atoms with Gasteiger partial charge in [-0.1, -0.05) is 67.6 Å². The minimum absolute atomic E-state index is 0.0907. The molecule has 1 aliphatic carbocycles. The number of benzene rings is 2. The molecule has 3 heteroatoms. The first kappa shape index (κ1) is 17.3. The molecule has 25 heavy (non-hydrogen) atoms. The Bertz CT molecular complexity index is 832. The van der Waals surface area contributed by atoms with E-state index in [1.54, 1.807) is 12.1 Å². The fraction of sp³-hybridized carbons (Fsp3) is 0.227. The quantitative estimate of drug-likeness (QED) is 0.562. The SMILES string of the molecule is CC1(C(CN=C=S)c2ccc(O)cc2)C=C(c2ccccc2)C=CC1. The molecule has 0 heterocycles. The smallest absolute Gasteiger partial charge is 0.115 e. The Labute approximate surface area is 154 Å². The number of phenolic OH excluding ortho intramolecular Hbond substituents is 1. The largest absolute Gasteiger partial charge is 0.508 e. The molecule has 0 spiro atoms. The van der Waals surface area contributed by atoms with Crippen molar-refractivity contribution in [2.24, 2.45) is 10.4 Å². The van der Waals surface area contributed by atoms with Gasteiger partial charge in [0.15, 0.2) is 0 Å². The molecular weight excluding hydrogens is 326 g/mol. The average molecular weight is 347 g/mol. The second kappa shape index (κ2) is 7.60. The lowest BCUT2D eigenvalue weighted by Gasteiger charge is -2.36. The molecule has 2 aromatic rings. The molecule has 2 aromatic carbocycles. The van der Waals surface area contributed by atoms with E-state index < -0.39 is 0 Å². The van der Waals surface area contributed by atoms with Gasteiger partial charge in [0, 0.05) is 5.92 Å². The number of nitrogens with zero attached hydrogens (tertiary/aromatic N) is 1. The lowest BCUT2D eigenvalue weighted by molar-refractivity contribution is 0.343. The van der Waals surface area contributed by atoms with Crippen LogP contribution in [0.15, 0.2) is 77.8 Å². The molecule has 0 bridgehead atoms. The molecule has 0 aromatic heterocycles. The van der Waals surface area contributed by atoms with Crippen LogP contribution in [0, 0.1) is 5.41 Å². The van der Waals surface area contributed by atoms with E-state index in [2.05, 4.69) is 59.6 Å². The van der Waals surface area contributed by atoms with E-state index in [9.17, 15) is 5.11 Å². The maximum Gasteiger partial charge on any atom is 0.115 e. The van der Waals surface area contributed by atoms with Crippen molar-refractivity contribution in [1.29, 1.82) is 0 Å². The average Bonchev–Trinajstić information content (AvgIpc) is 2.64. The summed E-state index contributed by atoms with van der Waals surface area (Å²) in [4.78, 5) is 4.24. The number of rotatable bonds is 5. The van der Waals surface area contributed by atoms with Gasteiger partial charge in [0.25, 0.3) is 0 Å². The third-order valence-corrected chi connectivity index (χ3v) is 5.01. The Hall–Kier alpha value is -2.48. The first-order valence-electron chi connectivity index (χ1n) is 8.40. The van der Waals surface area contributed by atoms with Gasteiger partial charge in [-0.25, -0.2) is 4.99 Å². The molecule has 2 nitrogen and oxygen atoms in total. The summed E-state index contributed by atoms with van der Waals surface area (Å²) < 4.78 is 0. The van der Waals surface area contributed by atoms with Gasteiger partial charge in [-0.05, 0) is 52.9 Å². The van der Waals surface area contributed by atoms with Crippen LogP contribution < -0.4 is 0 Å². The van der Waals surface area contributed by atoms with Crippen LogP contribution in [-0.2, 0) is 0 Å². The molecular formula is C22H21NOS. The van der Waals surface area contributed by atoms with Crippen molar-refractivity contribution in [3.8, 4) is 5.75 Å². The van der Waals surface area contributed by atoms with E-state index in [-0.39, 0.29) is 17.1 Å². The van der Waals surface area contributed by atoms with Crippen molar-refractivity contribution < 1.29 is 5.11 Å². The molecule has 0 amide bonds. The molecule has 2 atom stereocenters. The predicted octanol–water partition coefficient (Wildman–Crippen LogP) is 5.63. The lowest BCUT2D eigenvalue weighted by atomic mass is 9.68. The summed E-state index contributed by atoms with van der Waals surface area (Å²) >= 11 is 4.79. The lowest BCUT2D eigenvalue weighted by Crippen LogP contribution is -2.27. The first-order chi connectivity index (χ1) is 12.1. The molecule has 0 fully saturated rings. The number of isothiocyanates is 1. The van der Waals surface area contributed by atoms with Gasteiger partial charge < -0.3 is 5.11 Å². The van der Waals surface area contributed by atoms with Gasteiger partial charge in [0.2, 0.25) is 0 Å². The van der Waals surface area contributed by atoms with Crippen LogP contribution in [0.1, 0.15) is 30.4 Å². The number of aromatic hydroxyl groups is 1. The highest BCUT2D eigenvalue weighted by Crippen LogP contribution is 2.45. The molecule has 0 radical (unpaired) electrons. The molecule has 2 unspecified atom stereocenters. The van der Waals surface area contributed by atoms with Crippen LogP contribution in [0.2, 0.25) is 0 Å². The van der Waals surface area contributed by atoms with Gasteiger partial charge in [-0.15, -0.1) is 0 Å². The zero-order valence-electron chi connectivity index (χ0n) is 14.2. The Morgan fingerprint density at radius 1 is 1.16 bits per heavy atom. The van der Waals surface area contributed by atoms with Crippen molar-refractivity contribution in [2.45, 2.75) is 19.3 Å². The molecule has 1 aliphatic rings. The maximum atomic E-state index is 9.60. The second-order valence-corrected chi connectivity index (χ2v) is 6.84. The van der Waals surface area contributed by atoms with E-state index in [0.29, 0.717) is 6.54 Å². The monoisotopic (exact) mass is 347 g/mol. The topological polar surface area (TPSA) is 32.6 Å². The highest BCUT2D eigenvalue weighted by atomic mass is 32.1. The number of phenols is 1. The zero-order chi connectivity index (χ0) is 17.7. The molecule has 126 valence electrons. The standard InChI is InChI=1S/C22H21NOS/c1-22(13-5-8-19(14-22)17-6-3-2-4-7-17)21(15-23-16-25)18-9-11-20(24)12-10-18/h2-12,14,21,24H,13,15H2,1H3. The maximum absolute atomic E-state index is 9.60. The van der Waals surface area contributed by atoms with Crippen LogP contribution in [0.3, 0.4) is 0 Å². The van der Waals surface area contributed by atoms with E-state index in [4.69, 9.17) is 12.2 Å². The normalized spacial score (nSPS) is 20.4. The van der Waals surface area contributed by atoms with Gasteiger partial charge in [0.1, 0.15) is 5.75 Å². The highest BCUT2D eigenvalue weighted by Gasteiger charge is 2.34. The van der Waals surface area contributed by atoms with Crippen LogP contribution in [0.4, 0.5) is 0 Å². The van der Waals surface area contributed by atoms with Crippen LogP contribution >= 0.6 is 12.2 Å². The van der Waals surface area contributed by atoms with Crippen molar-refractivity contribution in [3.63, 3.8) is 0 Å². The summed E-state index contributed by atoms with van der Waals surface area (Å²) in [6, 6.07) is 17.8. The minimum atomic E-state index is -0.0907. The van der Waals surface area contributed by atoms with E-state index >= 15 is 0 Å². The summed E-state index contributed by atoms with van der Waals surface area (Å²) in [6.45, 7) is 2.84. The number of aliphatic imine (C=N–C) groups is 1. The van der Waals surface area contributed by atoms with Gasteiger partial charge in [-0.3, -0.25) is 0 Å². The summed E-state index contributed by atoms with van der Waals surface area (Å²) in [6.07, 6.45) is 7.70. The van der Waals surface area contributed by atoms with Crippen LogP contribution in [0.25, 0.3) is 5.57 Å². The number of hydrogen-bond donors (Lipinski definition) is 1. The molecule has 3 rings (SSSR count). The van der Waals surface area contributed by atoms with Gasteiger partial charge >= 0.3 is 0 Å². The number of thiocarbonyl (C=S) groups is 1. The Morgan fingerprint density at radius 3 is 2.56 bits per heavy atom. The van der Waals surface area contributed by atoms with Crippen molar-refractivity contribution in [3.05, 3.63) is 84.0 Å².